The molecule has 4 nitrogen and oxygen atoms in total. The summed E-state index contributed by atoms with van der Waals surface area (Å²) in [5.74, 6) is 2.49. The van der Waals surface area contributed by atoms with E-state index in [0.29, 0.717) is 18.9 Å². The van der Waals surface area contributed by atoms with Crippen molar-refractivity contribution in [3.8, 4) is 11.5 Å². The van der Waals surface area contributed by atoms with Gasteiger partial charge in [0, 0.05) is 37.5 Å². The molecule has 4 aliphatic rings. The quantitative estimate of drug-likeness (QED) is 0.293. The lowest BCUT2D eigenvalue weighted by molar-refractivity contribution is -0.116. The van der Waals surface area contributed by atoms with Crippen LogP contribution in [0.25, 0.3) is 11.1 Å². The Kier molecular flexibility index (Phi) is 7.75. The van der Waals surface area contributed by atoms with Crippen molar-refractivity contribution in [2.75, 3.05) is 32.9 Å². The minimum atomic E-state index is -0.228. The highest BCUT2D eigenvalue weighted by molar-refractivity contribution is 5.85. The van der Waals surface area contributed by atoms with Crippen molar-refractivity contribution in [3.63, 3.8) is 0 Å². The van der Waals surface area contributed by atoms with Gasteiger partial charge in [-0.25, -0.2) is 0 Å². The van der Waals surface area contributed by atoms with Gasteiger partial charge >= 0.3 is 0 Å². The fourth-order valence-corrected chi connectivity index (χ4v) is 6.51. The van der Waals surface area contributed by atoms with E-state index < -0.39 is 0 Å². The lowest BCUT2D eigenvalue weighted by Gasteiger charge is -2.37. The second-order valence-corrected chi connectivity index (χ2v) is 11.7. The molecule has 208 valence electrons. The molecule has 0 spiro atoms. The molecule has 2 aliphatic heterocycles. The maximum Gasteiger partial charge on any atom is 0.146 e. The van der Waals surface area contributed by atoms with Crippen LogP contribution in [0.3, 0.4) is 0 Å². The van der Waals surface area contributed by atoms with Crippen LogP contribution in [0.15, 0.2) is 77.9 Å². The number of allylic oxidation sites excluding steroid dienone is 7. The van der Waals surface area contributed by atoms with E-state index in [0.717, 1.165) is 61.5 Å². The molecule has 2 atom stereocenters. The maximum atomic E-state index is 12.7. The van der Waals surface area contributed by atoms with Crippen molar-refractivity contribution in [1.29, 1.82) is 0 Å². The van der Waals surface area contributed by atoms with Gasteiger partial charge in [0.05, 0.1) is 6.67 Å². The zero-order valence-corrected chi connectivity index (χ0v) is 23.5. The van der Waals surface area contributed by atoms with Crippen LogP contribution < -0.4 is 9.47 Å². The number of benzene rings is 2. The molecule has 1 fully saturated rings. The molecule has 0 amide bonds. The number of hydrogen-bond donors (Lipinski definition) is 0. The van der Waals surface area contributed by atoms with Crippen molar-refractivity contribution in [2.24, 2.45) is 11.8 Å². The molecule has 0 radical (unpaired) electrons. The van der Waals surface area contributed by atoms with Gasteiger partial charge in [0.25, 0.3) is 0 Å². The van der Waals surface area contributed by atoms with Gasteiger partial charge in [0.2, 0.25) is 0 Å². The Morgan fingerprint density at radius 1 is 1.15 bits per heavy atom. The van der Waals surface area contributed by atoms with Gasteiger partial charge < -0.3 is 9.47 Å². The van der Waals surface area contributed by atoms with E-state index in [4.69, 9.17) is 9.47 Å². The minimum Gasteiger partial charge on any atom is -0.492 e. The van der Waals surface area contributed by atoms with Crippen molar-refractivity contribution in [1.82, 2.24) is 4.90 Å². The van der Waals surface area contributed by atoms with E-state index in [9.17, 15) is 9.18 Å². The van der Waals surface area contributed by atoms with E-state index in [1.807, 2.05) is 12.1 Å². The molecule has 2 heterocycles. The number of halogens is 1. The molecule has 5 heteroatoms. The monoisotopic (exact) mass is 539 g/mol. The number of ketones is 1. The first kappa shape index (κ1) is 26.8. The Hall–Kier alpha value is -3.44. The number of nitrogens with zero attached hydrogens (tertiary/aromatic N) is 1. The van der Waals surface area contributed by atoms with Crippen LogP contribution in [0.5, 0.6) is 11.5 Å². The lowest BCUT2D eigenvalue weighted by atomic mass is 9.75. The molecular formula is C35H38FNO3. The molecular weight excluding hydrogens is 501 g/mol. The molecule has 40 heavy (non-hydrogen) atoms. The van der Waals surface area contributed by atoms with E-state index >= 15 is 0 Å². The van der Waals surface area contributed by atoms with Gasteiger partial charge in [-0.2, -0.15) is 0 Å². The third-order valence-electron chi connectivity index (χ3n) is 8.71. The summed E-state index contributed by atoms with van der Waals surface area (Å²) < 4.78 is 25.5. The number of hydrogen-bond acceptors (Lipinski definition) is 4. The molecule has 0 bridgehead atoms. The number of ether oxygens (including phenoxy) is 2. The molecule has 2 aliphatic carbocycles. The SMILES string of the molecule is CC(=O)CC1=CCCC(C2=C(C)c3cc(C4=CC=C4)ccc3OC2c2ccc(OCCN3CC(CF)C3)cc2)C1. The molecule has 2 aromatic rings. The Balaban J connectivity index is 1.24. The number of Topliss-reactive ketones (excluding diaryl/α,β-unsaturated/α-hetero) is 1. The Morgan fingerprint density at radius 3 is 2.65 bits per heavy atom. The van der Waals surface area contributed by atoms with Crippen LogP contribution >= 0.6 is 0 Å². The summed E-state index contributed by atoms with van der Waals surface area (Å²) in [6.07, 6.45) is 11.9. The van der Waals surface area contributed by atoms with Crippen molar-refractivity contribution in [2.45, 2.75) is 45.6 Å². The number of fused-ring (bicyclic) bond motifs is 1. The lowest BCUT2D eigenvalue weighted by Crippen LogP contribution is -2.49. The molecule has 0 saturated carbocycles. The molecule has 1 saturated heterocycles. The molecule has 6 rings (SSSR count). The summed E-state index contributed by atoms with van der Waals surface area (Å²) in [7, 11) is 0. The second kappa shape index (κ2) is 11.6. The smallest absolute Gasteiger partial charge is 0.146 e. The summed E-state index contributed by atoms with van der Waals surface area (Å²) in [4.78, 5) is 14.1. The number of rotatable bonds is 10. The van der Waals surface area contributed by atoms with Gasteiger partial charge in [-0.3, -0.25) is 14.1 Å². The fourth-order valence-electron chi connectivity index (χ4n) is 6.51. The van der Waals surface area contributed by atoms with Crippen molar-refractivity contribution >= 4 is 16.9 Å². The average Bonchev–Trinajstić information content (AvgIpc) is 2.89. The largest absolute Gasteiger partial charge is 0.492 e. The van der Waals surface area contributed by atoms with Gasteiger partial charge in [-0.05, 0) is 91.1 Å². The van der Waals surface area contributed by atoms with Crippen LogP contribution in [0.1, 0.15) is 62.3 Å². The first-order valence-corrected chi connectivity index (χ1v) is 14.6. The number of likely N-dealkylation sites (tertiary alicyclic amines) is 1. The molecule has 2 aromatic carbocycles. The summed E-state index contributed by atoms with van der Waals surface area (Å²) >= 11 is 0. The molecule has 0 aromatic heterocycles. The number of carbonyl (C=O) groups excluding carboxylic acids is 1. The first-order valence-electron chi connectivity index (χ1n) is 14.6. The van der Waals surface area contributed by atoms with E-state index in [-0.39, 0.29) is 24.5 Å². The van der Waals surface area contributed by atoms with Crippen LogP contribution in [-0.2, 0) is 4.79 Å². The van der Waals surface area contributed by atoms with E-state index in [1.54, 1.807) is 6.92 Å². The number of carbonyl (C=O) groups is 1. The third kappa shape index (κ3) is 5.57. The summed E-state index contributed by atoms with van der Waals surface area (Å²) in [6, 6.07) is 14.8. The minimum absolute atomic E-state index is 0.185. The highest BCUT2D eigenvalue weighted by Crippen LogP contribution is 2.49. The highest BCUT2D eigenvalue weighted by Gasteiger charge is 2.34. The van der Waals surface area contributed by atoms with E-state index in [1.165, 1.54) is 27.9 Å². The molecule has 0 N–H and O–H groups in total. The predicted molar refractivity (Wildman–Crippen MR) is 158 cm³/mol. The average molecular weight is 540 g/mol. The highest BCUT2D eigenvalue weighted by atomic mass is 19.1. The normalized spacial score (nSPS) is 22.5. The van der Waals surface area contributed by atoms with Crippen molar-refractivity contribution in [3.05, 3.63) is 94.6 Å². The second-order valence-electron chi connectivity index (χ2n) is 11.7. The predicted octanol–water partition coefficient (Wildman–Crippen LogP) is 7.53. The summed E-state index contributed by atoms with van der Waals surface area (Å²) in [5, 5.41) is 0. The Bertz CT molecular complexity index is 1390. The standard InChI is InChI=1S/C35H38FNO3/c1-23(38)17-25-5-3-8-30(18-25)34-24(2)32-19-29(27-6-4-7-27)11-14-33(32)40-35(34)28-9-12-31(13-10-28)39-16-15-37-21-26(20-36)22-37/h4-7,9-14,19,26,30,35H,3,8,15-18,20-22H2,1-2H3. The first-order chi connectivity index (χ1) is 19.5. The number of alkyl halides is 1. The van der Waals surface area contributed by atoms with Gasteiger partial charge in [0.1, 0.15) is 30.0 Å². The topological polar surface area (TPSA) is 38.8 Å². The van der Waals surface area contributed by atoms with Gasteiger partial charge in [0.15, 0.2) is 0 Å². The van der Waals surface area contributed by atoms with E-state index in [2.05, 4.69) is 66.5 Å². The third-order valence-corrected chi connectivity index (χ3v) is 8.71. The summed E-state index contributed by atoms with van der Waals surface area (Å²) in [6.45, 7) is 6.76. The fraction of sp³-hybridized carbons (Fsp3) is 0.400. The zero-order valence-electron chi connectivity index (χ0n) is 23.5. The Morgan fingerprint density at radius 2 is 1.95 bits per heavy atom. The molecule has 2 unspecified atom stereocenters. The Labute approximate surface area is 236 Å². The van der Waals surface area contributed by atoms with Crippen LogP contribution in [0.4, 0.5) is 4.39 Å². The van der Waals surface area contributed by atoms with Gasteiger partial charge in [-0.15, -0.1) is 0 Å². The van der Waals surface area contributed by atoms with Crippen LogP contribution in [0, 0.1) is 11.8 Å². The summed E-state index contributed by atoms with van der Waals surface area (Å²) in [5.41, 5.74) is 8.58. The maximum absolute atomic E-state index is 12.7. The zero-order chi connectivity index (χ0) is 27.6. The van der Waals surface area contributed by atoms with Gasteiger partial charge in [-0.1, -0.05) is 48.1 Å². The van der Waals surface area contributed by atoms with Crippen LogP contribution in [-0.4, -0.2) is 43.6 Å². The van der Waals surface area contributed by atoms with Crippen LogP contribution in [0.2, 0.25) is 0 Å². The van der Waals surface area contributed by atoms with Crippen molar-refractivity contribution < 1.29 is 18.7 Å².